The molecule has 0 aliphatic heterocycles. The summed E-state index contributed by atoms with van der Waals surface area (Å²) in [6.07, 6.45) is 0.414. The van der Waals surface area contributed by atoms with E-state index in [1.54, 1.807) is 0 Å². The van der Waals surface area contributed by atoms with Crippen molar-refractivity contribution < 1.29 is 0 Å². The van der Waals surface area contributed by atoms with Crippen LogP contribution in [0.4, 0.5) is 0 Å². The monoisotopic (exact) mass is 161 g/mol. The van der Waals surface area contributed by atoms with Crippen LogP contribution in [0.15, 0.2) is 0 Å². The predicted molar refractivity (Wildman–Crippen MR) is 48.7 cm³/mol. The van der Waals surface area contributed by atoms with Crippen molar-refractivity contribution >= 4 is 9.68 Å². The lowest BCUT2D eigenvalue weighted by atomic mass is 10.7. The minimum Gasteiger partial charge on any atom is -0.316 e. The standard InChI is InChI=1S/C6H19N3Si/c1-8(2)6(7-10-5)9(3)4/h6-7H,10H2,1-5H3. The van der Waals surface area contributed by atoms with E-state index >= 15 is 0 Å². The lowest BCUT2D eigenvalue weighted by molar-refractivity contribution is 0.119. The number of nitrogens with zero attached hydrogens (tertiary/aromatic N) is 2. The van der Waals surface area contributed by atoms with Crippen LogP contribution in [0.3, 0.4) is 0 Å². The predicted octanol–water partition coefficient (Wildman–Crippen LogP) is -0.885. The van der Waals surface area contributed by atoms with E-state index in [1.807, 2.05) is 0 Å². The Morgan fingerprint density at radius 1 is 1.10 bits per heavy atom. The first-order chi connectivity index (χ1) is 4.59. The molecule has 0 aromatic rings. The fourth-order valence-electron chi connectivity index (χ4n) is 1.01. The van der Waals surface area contributed by atoms with Gasteiger partial charge in [-0.15, -0.1) is 0 Å². The second-order valence-electron chi connectivity index (χ2n) is 2.86. The zero-order valence-corrected chi connectivity index (χ0v) is 9.09. The molecule has 0 amide bonds. The number of hydrogen-bond donors (Lipinski definition) is 1. The third-order valence-corrected chi connectivity index (χ3v) is 2.14. The van der Waals surface area contributed by atoms with Crippen molar-refractivity contribution in [3.8, 4) is 0 Å². The lowest BCUT2D eigenvalue weighted by Crippen LogP contribution is -2.51. The largest absolute Gasteiger partial charge is 0.316 e. The van der Waals surface area contributed by atoms with Crippen molar-refractivity contribution in [1.82, 2.24) is 14.8 Å². The molecule has 0 bridgehead atoms. The topological polar surface area (TPSA) is 18.5 Å². The highest BCUT2D eigenvalue weighted by Crippen LogP contribution is 1.89. The molecule has 0 aromatic heterocycles. The fourth-order valence-corrected chi connectivity index (χ4v) is 2.11. The van der Waals surface area contributed by atoms with E-state index in [0.29, 0.717) is 6.29 Å². The summed E-state index contributed by atoms with van der Waals surface area (Å²) in [6.45, 7) is 2.25. The normalized spacial score (nSPS) is 13.2. The maximum absolute atomic E-state index is 3.47. The van der Waals surface area contributed by atoms with Gasteiger partial charge in [0.25, 0.3) is 0 Å². The number of hydrogen-bond acceptors (Lipinski definition) is 3. The first-order valence-electron chi connectivity index (χ1n) is 3.65. The van der Waals surface area contributed by atoms with Crippen molar-refractivity contribution in [3.05, 3.63) is 0 Å². The summed E-state index contributed by atoms with van der Waals surface area (Å²) >= 11 is 0. The van der Waals surface area contributed by atoms with Crippen molar-refractivity contribution in [1.29, 1.82) is 0 Å². The van der Waals surface area contributed by atoms with Crippen molar-refractivity contribution in [2.75, 3.05) is 28.2 Å². The van der Waals surface area contributed by atoms with Gasteiger partial charge < -0.3 is 4.98 Å². The average molecular weight is 161 g/mol. The number of nitrogens with one attached hydrogen (secondary N) is 1. The van der Waals surface area contributed by atoms with Crippen molar-refractivity contribution in [2.45, 2.75) is 12.8 Å². The number of rotatable bonds is 4. The minimum atomic E-state index is -0.0524. The van der Waals surface area contributed by atoms with Crippen molar-refractivity contribution in [3.63, 3.8) is 0 Å². The second kappa shape index (κ2) is 4.84. The van der Waals surface area contributed by atoms with Gasteiger partial charge in [-0.05, 0) is 28.2 Å². The molecule has 0 aromatic carbocycles. The molecule has 0 radical (unpaired) electrons. The molecular formula is C6H19N3Si. The minimum absolute atomic E-state index is 0.0524. The Balaban J connectivity index is 3.73. The first kappa shape index (κ1) is 10.1. The van der Waals surface area contributed by atoms with Gasteiger partial charge >= 0.3 is 0 Å². The zero-order valence-electron chi connectivity index (χ0n) is 7.68. The highest BCUT2D eigenvalue weighted by molar-refractivity contribution is 6.30. The molecule has 10 heavy (non-hydrogen) atoms. The van der Waals surface area contributed by atoms with Gasteiger partial charge in [-0.25, -0.2) is 0 Å². The van der Waals surface area contributed by atoms with Gasteiger partial charge in [-0.3, -0.25) is 9.80 Å². The van der Waals surface area contributed by atoms with E-state index in [-0.39, 0.29) is 9.68 Å². The highest BCUT2D eigenvalue weighted by atomic mass is 28.2. The Morgan fingerprint density at radius 2 is 1.50 bits per heavy atom. The molecule has 0 fully saturated rings. The van der Waals surface area contributed by atoms with Crippen LogP contribution in [-0.2, 0) is 0 Å². The Hall–Kier alpha value is 0.0969. The molecule has 0 rings (SSSR count). The summed E-state index contributed by atoms with van der Waals surface area (Å²) < 4.78 is 0. The van der Waals surface area contributed by atoms with Crippen LogP contribution in [0.1, 0.15) is 0 Å². The highest BCUT2D eigenvalue weighted by Gasteiger charge is 2.09. The Morgan fingerprint density at radius 3 is 1.60 bits per heavy atom. The van der Waals surface area contributed by atoms with Crippen LogP contribution < -0.4 is 4.98 Å². The lowest BCUT2D eigenvalue weighted by Gasteiger charge is -2.30. The van der Waals surface area contributed by atoms with Crippen LogP contribution in [0.2, 0.25) is 6.55 Å². The summed E-state index contributed by atoms with van der Waals surface area (Å²) in [5, 5.41) is 0. The molecule has 0 saturated heterocycles. The fraction of sp³-hybridized carbons (Fsp3) is 1.00. The first-order valence-corrected chi connectivity index (χ1v) is 5.78. The summed E-state index contributed by atoms with van der Waals surface area (Å²) in [5.74, 6) is 0. The molecule has 0 aliphatic carbocycles. The molecule has 0 aliphatic rings. The van der Waals surface area contributed by atoms with E-state index in [0.717, 1.165) is 0 Å². The van der Waals surface area contributed by atoms with Crippen LogP contribution >= 0.6 is 0 Å². The molecule has 1 N–H and O–H groups in total. The summed E-state index contributed by atoms with van der Waals surface area (Å²) in [5.41, 5.74) is 0. The maximum Gasteiger partial charge on any atom is 0.109 e. The van der Waals surface area contributed by atoms with E-state index in [1.165, 1.54) is 0 Å². The van der Waals surface area contributed by atoms with Crippen LogP contribution in [0, 0.1) is 0 Å². The smallest absolute Gasteiger partial charge is 0.109 e. The zero-order chi connectivity index (χ0) is 8.15. The van der Waals surface area contributed by atoms with E-state index in [9.17, 15) is 0 Å². The third kappa shape index (κ3) is 3.31. The summed E-state index contributed by atoms with van der Waals surface area (Å²) in [4.78, 5) is 7.83. The van der Waals surface area contributed by atoms with E-state index in [2.05, 4.69) is 49.5 Å². The molecule has 3 nitrogen and oxygen atoms in total. The van der Waals surface area contributed by atoms with Crippen LogP contribution in [-0.4, -0.2) is 54.0 Å². The Bertz CT molecular complexity index is 77.1. The van der Waals surface area contributed by atoms with E-state index in [4.69, 9.17) is 0 Å². The van der Waals surface area contributed by atoms with Crippen LogP contribution in [0.25, 0.3) is 0 Å². The third-order valence-electron chi connectivity index (χ3n) is 1.36. The Labute approximate surface area is 66.3 Å². The molecule has 0 spiro atoms. The quantitative estimate of drug-likeness (QED) is 0.426. The molecule has 0 heterocycles. The van der Waals surface area contributed by atoms with Crippen LogP contribution in [0.5, 0.6) is 0 Å². The SMILES string of the molecule is C[SiH2]NC(N(C)C)N(C)C. The molecule has 62 valence electrons. The van der Waals surface area contributed by atoms with E-state index < -0.39 is 0 Å². The Kier molecular flexibility index (Phi) is 4.89. The van der Waals surface area contributed by atoms with Gasteiger partial charge in [0.2, 0.25) is 0 Å². The molecule has 0 atom stereocenters. The second-order valence-corrected chi connectivity index (χ2v) is 3.97. The van der Waals surface area contributed by atoms with Crippen molar-refractivity contribution in [2.24, 2.45) is 0 Å². The maximum atomic E-state index is 3.47. The van der Waals surface area contributed by atoms with Gasteiger partial charge in [-0.2, -0.15) is 0 Å². The summed E-state index contributed by atoms with van der Waals surface area (Å²) in [7, 11) is 8.29. The van der Waals surface area contributed by atoms with Gasteiger partial charge in [0, 0.05) is 0 Å². The summed E-state index contributed by atoms with van der Waals surface area (Å²) in [6, 6.07) is 0. The molecule has 4 heteroatoms. The average Bonchev–Trinajstić information content (AvgIpc) is 1.81. The molecule has 0 saturated carbocycles. The van der Waals surface area contributed by atoms with Gasteiger partial charge in [0.15, 0.2) is 0 Å². The molecule has 0 unspecified atom stereocenters. The molecular weight excluding hydrogens is 142 g/mol. The van der Waals surface area contributed by atoms with Gasteiger partial charge in [0.1, 0.15) is 6.29 Å². The van der Waals surface area contributed by atoms with Gasteiger partial charge in [-0.1, -0.05) is 6.55 Å². The van der Waals surface area contributed by atoms with Gasteiger partial charge in [0.05, 0.1) is 9.68 Å².